The Morgan fingerprint density at radius 1 is 0.667 bits per heavy atom. The summed E-state index contributed by atoms with van der Waals surface area (Å²) in [5, 5.41) is 0. The molecule has 0 fully saturated rings. The van der Waals surface area contributed by atoms with Gasteiger partial charge >= 0.3 is 11.9 Å². The van der Waals surface area contributed by atoms with Crippen LogP contribution in [-0.4, -0.2) is 11.9 Å². The average Bonchev–Trinajstić information content (AvgIpc) is 2.53. The number of benzene rings is 2. The molecule has 0 aromatic heterocycles. The number of carbonyl (C=O) groups excluding carboxylic acids is 2. The van der Waals surface area contributed by atoms with Gasteiger partial charge in [0.2, 0.25) is 0 Å². The fourth-order valence-corrected chi connectivity index (χ4v) is 2.79. The molecule has 0 N–H and O–H groups in total. The van der Waals surface area contributed by atoms with Crippen molar-refractivity contribution in [2.45, 2.75) is 58.8 Å². The first kappa shape index (κ1) is 20.7. The van der Waals surface area contributed by atoms with Crippen LogP contribution < -0.4 is 9.47 Å². The van der Waals surface area contributed by atoms with E-state index in [0.29, 0.717) is 11.5 Å². The molecule has 2 aromatic carbocycles. The Balaban J connectivity index is 2.07. The van der Waals surface area contributed by atoms with Crippen LogP contribution in [-0.2, 0) is 20.4 Å². The molecule has 2 rings (SSSR count). The summed E-state index contributed by atoms with van der Waals surface area (Å²) in [6.07, 6.45) is -0.447. The van der Waals surface area contributed by atoms with Gasteiger partial charge < -0.3 is 9.47 Å². The van der Waals surface area contributed by atoms with Crippen molar-refractivity contribution in [3.63, 3.8) is 0 Å². The van der Waals surface area contributed by atoms with Crippen LogP contribution in [0.1, 0.15) is 59.1 Å². The highest BCUT2D eigenvalue weighted by molar-refractivity contribution is 5.93. The second-order valence-electron chi connectivity index (χ2n) is 8.62. The van der Waals surface area contributed by atoms with E-state index >= 15 is 0 Å². The zero-order valence-electron chi connectivity index (χ0n) is 17.0. The predicted molar refractivity (Wildman–Crippen MR) is 106 cm³/mol. The van der Waals surface area contributed by atoms with Crippen LogP contribution in [0.15, 0.2) is 48.5 Å². The number of hydrogen-bond donors (Lipinski definition) is 0. The number of para-hydroxylation sites is 2. The molecule has 144 valence electrons. The second-order valence-corrected chi connectivity index (χ2v) is 8.62. The minimum Gasteiger partial charge on any atom is -0.426 e. The van der Waals surface area contributed by atoms with Crippen LogP contribution in [0.4, 0.5) is 0 Å². The van der Waals surface area contributed by atoms with E-state index in [0.717, 1.165) is 11.1 Å². The van der Waals surface area contributed by atoms with Gasteiger partial charge in [0.05, 0.1) is 0 Å². The highest BCUT2D eigenvalue weighted by Crippen LogP contribution is 2.32. The first-order chi connectivity index (χ1) is 12.5. The van der Waals surface area contributed by atoms with Gasteiger partial charge in [-0.05, 0) is 23.0 Å². The quantitative estimate of drug-likeness (QED) is 0.424. The van der Waals surface area contributed by atoms with Crippen molar-refractivity contribution < 1.29 is 19.1 Å². The number of esters is 2. The summed E-state index contributed by atoms with van der Waals surface area (Å²) in [5.74, 6) is -0.328. The van der Waals surface area contributed by atoms with E-state index in [1.807, 2.05) is 65.8 Å². The number of rotatable bonds is 4. The lowest BCUT2D eigenvalue weighted by molar-refractivity contribution is -0.144. The predicted octanol–water partition coefficient (Wildman–Crippen LogP) is 5.18. The molecule has 0 unspecified atom stereocenters. The molecule has 0 atom stereocenters. The SMILES string of the molecule is CC(C)(C)c1ccccc1OC(=O)CC(=O)Oc1ccccc1C(C)(C)C. The van der Waals surface area contributed by atoms with Gasteiger partial charge in [-0.15, -0.1) is 0 Å². The summed E-state index contributed by atoms with van der Waals surface area (Å²) >= 11 is 0. The Labute approximate surface area is 161 Å². The van der Waals surface area contributed by atoms with Crippen molar-refractivity contribution in [2.75, 3.05) is 0 Å². The first-order valence-corrected chi connectivity index (χ1v) is 9.09. The topological polar surface area (TPSA) is 52.6 Å². The third-order valence-corrected chi connectivity index (χ3v) is 4.13. The highest BCUT2D eigenvalue weighted by Gasteiger charge is 2.23. The van der Waals surface area contributed by atoms with Crippen LogP contribution in [0.2, 0.25) is 0 Å². The lowest BCUT2D eigenvalue weighted by atomic mass is 9.86. The lowest BCUT2D eigenvalue weighted by Crippen LogP contribution is -2.21. The van der Waals surface area contributed by atoms with Crippen molar-refractivity contribution in [1.29, 1.82) is 0 Å². The van der Waals surface area contributed by atoms with Crippen molar-refractivity contribution >= 4 is 11.9 Å². The van der Waals surface area contributed by atoms with Gasteiger partial charge in [-0.2, -0.15) is 0 Å². The monoisotopic (exact) mass is 368 g/mol. The zero-order valence-corrected chi connectivity index (χ0v) is 17.0. The van der Waals surface area contributed by atoms with E-state index in [4.69, 9.17) is 9.47 Å². The molecular weight excluding hydrogens is 340 g/mol. The van der Waals surface area contributed by atoms with Gasteiger partial charge in [-0.3, -0.25) is 9.59 Å². The Kier molecular flexibility index (Phi) is 6.09. The third kappa shape index (κ3) is 5.68. The number of hydrogen-bond acceptors (Lipinski definition) is 4. The Morgan fingerprint density at radius 3 is 1.33 bits per heavy atom. The molecule has 4 heteroatoms. The van der Waals surface area contributed by atoms with Crippen molar-refractivity contribution in [3.8, 4) is 11.5 Å². The van der Waals surface area contributed by atoms with E-state index in [2.05, 4.69) is 0 Å². The molecule has 27 heavy (non-hydrogen) atoms. The van der Waals surface area contributed by atoms with E-state index in [9.17, 15) is 9.59 Å². The minimum atomic E-state index is -0.634. The standard InChI is InChI=1S/C23H28O4/c1-22(2,3)16-11-7-9-13-18(16)26-20(24)15-21(25)27-19-14-10-8-12-17(19)23(4,5)6/h7-14H,15H2,1-6H3. The Bertz CT molecular complexity index is 753. The molecule has 2 aromatic rings. The summed E-state index contributed by atoms with van der Waals surface area (Å²) < 4.78 is 10.9. The van der Waals surface area contributed by atoms with Crippen molar-refractivity contribution in [1.82, 2.24) is 0 Å². The molecule has 0 saturated heterocycles. The Morgan fingerprint density at radius 2 is 1.00 bits per heavy atom. The normalized spacial score (nSPS) is 11.8. The maximum atomic E-state index is 12.3. The van der Waals surface area contributed by atoms with Crippen molar-refractivity contribution in [2.24, 2.45) is 0 Å². The van der Waals surface area contributed by atoms with Gasteiger partial charge in [-0.25, -0.2) is 0 Å². The zero-order chi connectivity index (χ0) is 20.2. The van der Waals surface area contributed by atoms with Gasteiger partial charge in [0.15, 0.2) is 0 Å². The maximum Gasteiger partial charge on any atom is 0.322 e. The summed E-state index contributed by atoms with van der Waals surface area (Å²) in [7, 11) is 0. The van der Waals surface area contributed by atoms with E-state index in [1.54, 1.807) is 24.3 Å². The molecule has 0 aliphatic carbocycles. The van der Waals surface area contributed by atoms with Crippen LogP contribution in [0.25, 0.3) is 0 Å². The van der Waals surface area contributed by atoms with Gasteiger partial charge in [0, 0.05) is 11.1 Å². The summed E-state index contributed by atoms with van der Waals surface area (Å²) in [4.78, 5) is 24.5. The molecule has 0 bridgehead atoms. The van der Waals surface area contributed by atoms with E-state index < -0.39 is 18.4 Å². The van der Waals surface area contributed by atoms with Gasteiger partial charge in [0.25, 0.3) is 0 Å². The summed E-state index contributed by atoms with van der Waals surface area (Å²) in [6.45, 7) is 12.2. The molecule has 0 amide bonds. The van der Waals surface area contributed by atoms with Crippen molar-refractivity contribution in [3.05, 3.63) is 59.7 Å². The second kappa shape index (κ2) is 7.95. The molecule has 0 radical (unpaired) electrons. The smallest absolute Gasteiger partial charge is 0.322 e. The molecule has 4 nitrogen and oxygen atoms in total. The number of carbonyl (C=O) groups is 2. The highest BCUT2D eigenvalue weighted by atomic mass is 16.6. The van der Waals surface area contributed by atoms with Gasteiger partial charge in [-0.1, -0.05) is 77.9 Å². The molecule has 0 saturated carbocycles. The Hall–Kier alpha value is -2.62. The lowest BCUT2D eigenvalue weighted by Gasteiger charge is -2.22. The molecular formula is C23H28O4. The van der Waals surface area contributed by atoms with Crippen LogP contribution >= 0.6 is 0 Å². The van der Waals surface area contributed by atoms with Crippen LogP contribution in [0.5, 0.6) is 11.5 Å². The third-order valence-electron chi connectivity index (χ3n) is 4.13. The fraction of sp³-hybridized carbons (Fsp3) is 0.391. The van der Waals surface area contributed by atoms with E-state index in [1.165, 1.54) is 0 Å². The largest absolute Gasteiger partial charge is 0.426 e. The maximum absolute atomic E-state index is 12.3. The molecule has 0 spiro atoms. The molecule has 0 aliphatic heterocycles. The fourth-order valence-electron chi connectivity index (χ4n) is 2.79. The van der Waals surface area contributed by atoms with Crippen LogP contribution in [0.3, 0.4) is 0 Å². The number of ether oxygens (including phenoxy) is 2. The minimum absolute atomic E-state index is 0.178. The summed E-state index contributed by atoms with van der Waals surface area (Å²) in [5.41, 5.74) is 1.46. The molecule has 0 heterocycles. The first-order valence-electron chi connectivity index (χ1n) is 9.09. The van der Waals surface area contributed by atoms with E-state index in [-0.39, 0.29) is 10.8 Å². The average molecular weight is 368 g/mol. The van der Waals surface area contributed by atoms with Crippen LogP contribution in [0, 0.1) is 0 Å². The summed E-state index contributed by atoms with van der Waals surface area (Å²) in [6, 6.07) is 14.7. The molecule has 0 aliphatic rings. The van der Waals surface area contributed by atoms with Gasteiger partial charge in [0.1, 0.15) is 17.9 Å².